The molecule has 2 aromatic heterocycles. The second kappa shape index (κ2) is 7.84. The number of carbonyl (C=O) groups is 1. The summed E-state index contributed by atoms with van der Waals surface area (Å²) >= 11 is 12.4. The van der Waals surface area contributed by atoms with Crippen LogP contribution in [0.5, 0.6) is 0 Å². The number of pyridine rings is 1. The Morgan fingerprint density at radius 3 is 2.57 bits per heavy atom. The van der Waals surface area contributed by atoms with Gasteiger partial charge in [0.05, 0.1) is 27.5 Å². The van der Waals surface area contributed by atoms with Crippen molar-refractivity contribution in [2.75, 3.05) is 5.32 Å². The molecule has 5 nitrogen and oxygen atoms in total. The van der Waals surface area contributed by atoms with E-state index in [-0.39, 0.29) is 5.91 Å². The molecule has 0 fully saturated rings. The Morgan fingerprint density at radius 1 is 0.964 bits per heavy atom. The van der Waals surface area contributed by atoms with Gasteiger partial charge in [0.15, 0.2) is 0 Å². The highest BCUT2D eigenvalue weighted by Crippen LogP contribution is 2.30. The van der Waals surface area contributed by atoms with Crippen LogP contribution in [-0.4, -0.2) is 20.9 Å². The number of carbonyl (C=O) groups excluding carboxylic acids is 1. The zero-order valence-electron chi connectivity index (χ0n) is 14.5. The van der Waals surface area contributed by atoms with Gasteiger partial charge in [-0.2, -0.15) is 0 Å². The molecular formula is C21H14Cl2N4O. The maximum Gasteiger partial charge on any atom is 0.258 e. The fourth-order valence-corrected chi connectivity index (χ4v) is 3.15. The second-order valence-corrected chi connectivity index (χ2v) is 6.83. The Balaban J connectivity index is 1.62. The quantitative estimate of drug-likeness (QED) is 0.454. The monoisotopic (exact) mass is 408 g/mol. The normalized spacial score (nSPS) is 10.6. The van der Waals surface area contributed by atoms with Gasteiger partial charge < -0.3 is 10.3 Å². The number of H-pyrrole nitrogens is 1. The van der Waals surface area contributed by atoms with E-state index in [0.717, 1.165) is 11.3 Å². The number of anilines is 1. The maximum absolute atomic E-state index is 12.5. The van der Waals surface area contributed by atoms with Crippen molar-refractivity contribution in [2.24, 2.45) is 0 Å². The highest BCUT2D eigenvalue weighted by atomic mass is 35.5. The number of nitrogens with zero attached hydrogens (tertiary/aromatic N) is 2. The van der Waals surface area contributed by atoms with Crippen LogP contribution in [0, 0.1) is 0 Å². The van der Waals surface area contributed by atoms with Gasteiger partial charge in [0.25, 0.3) is 5.91 Å². The van der Waals surface area contributed by atoms with Crippen molar-refractivity contribution in [1.82, 2.24) is 15.0 Å². The molecule has 0 spiro atoms. The molecular weight excluding hydrogens is 395 g/mol. The molecule has 0 atom stereocenters. The van der Waals surface area contributed by atoms with Gasteiger partial charge in [0, 0.05) is 23.6 Å². The minimum absolute atomic E-state index is 0.296. The number of nitrogens with one attached hydrogen (secondary N) is 2. The number of aromatic nitrogens is 3. The third-order valence-corrected chi connectivity index (χ3v) is 4.81. The van der Waals surface area contributed by atoms with Gasteiger partial charge in [0.2, 0.25) is 0 Å². The lowest BCUT2D eigenvalue weighted by Gasteiger charge is -2.09. The molecule has 2 N–H and O–H groups in total. The topological polar surface area (TPSA) is 70.7 Å². The van der Waals surface area contributed by atoms with Crippen molar-refractivity contribution in [2.45, 2.75) is 0 Å². The van der Waals surface area contributed by atoms with Crippen molar-refractivity contribution in [3.63, 3.8) is 0 Å². The number of benzene rings is 2. The van der Waals surface area contributed by atoms with Crippen molar-refractivity contribution < 1.29 is 4.79 Å². The smallest absolute Gasteiger partial charge is 0.258 e. The molecule has 138 valence electrons. The van der Waals surface area contributed by atoms with Crippen LogP contribution in [0.15, 0.2) is 73.2 Å². The van der Waals surface area contributed by atoms with E-state index in [1.165, 1.54) is 12.4 Å². The number of halogens is 2. The average Bonchev–Trinajstić information content (AvgIpc) is 3.20. The van der Waals surface area contributed by atoms with Gasteiger partial charge >= 0.3 is 0 Å². The zero-order chi connectivity index (χ0) is 19.5. The Hall–Kier alpha value is -3.15. The minimum atomic E-state index is -0.351. The molecule has 4 rings (SSSR count). The van der Waals surface area contributed by atoms with Crippen LogP contribution in [0.4, 0.5) is 5.69 Å². The number of aromatic amines is 1. The van der Waals surface area contributed by atoms with Crippen LogP contribution in [-0.2, 0) is 0 Å². The van der Waals surface area contributed by atoms with Gasteiger partial charge in [-0.3, -0.25) is 9.78 Å². The van der Waals surface area contributed by atoms with E-state index in [4.69, 9.17) is 23.2 Å². The van der Waals surface area contributed by atoms with Gasteiger partial charge in [-0.15, -0.1) is 0 Å². The van der Waals surface area contributed by atoms with Crippen LogP contribution >= 0.6 is 23.2 Å². The van der Waals surface area contributed by atoms with E-state index >= 15 is 0 Å². The fourth-order valence-electron chi connectivity index (χ4n) is 2.75. The van der Waals surface area contributed by atoms with Crippen LogP contribution in [0.2, 0.25) is 10.0 Å². The molecule has 4 aromatic rings. The summed E-state index contributed by atoms with van der Waals surface area (Å²) in [5.41, 5.74) is 3.45. The van der Waals surface area contributed by atoms with Gasteiger partial charge in [-0.1, -0.05) is 53.5 Å². The van der Waals surface area contributed by atoms with Gasteiger partial charge in [0.1, 0.15) is 5.82 Å². The van der Waals surface area contributed by atoms with Crippen LogP contribution in [0.1, 0.15) is 10.4 Å². The van der Waals surface area contributed by atoms with Gasteiger partial charge in [-0.05, 0) is 29.8 Å². The summed E-state index contributed by atoms with van der Waals surface area (Å²) in [6, 6.07) is 16.6. The lowest BCUT2D eigenvalue weighted by atomic mass is 10.1. The first-order valence-corrected chi connectivity index (χ1v) is 9.18. The summed E-state index contributed by atoms with van der Waals surface area (Å²) in [7, 11) is 0. The van der Waals surface area contributed by atoms with E-state index in [2.05, 4.69) is 20.3 Å². The molecule has 28 heavy (non-hydrogen) atoms. The first-order valence-electron chi connectivity index (χ1n) is 8.43. The van der Waals surface area contributed by atoms with Crippen molar-refractivity contribution in [3.8, 4) is 22.6 Å². The Bertz CT molecular complexity index is 1140. The van der Waals surface area contributed by atoms with Crippen LogP contribution < -0.4 is 5.32 Å². The van der Waals surface area contributed by atoms with Crippen LogP contribution in [0.3, 0.4) is 0 Å². The Morgan fingerprint density at radius 2 is 1.79 bits per heavy atom. The largest absolute Gasteiger partial charge is 0.338 e. The molecule has 7 heteroatoms. The summed E-state index contributed by atoms with van der Waals surface area (Å²) < 4.78 is 0. The predicted octanol–water partition coefficient (Wildman–Crippen LogP) is 5.70. The highest BCUT2D eigenvalue weighted by Gasteiger charge is 2.14. The number of hydrogen-bond donors (Lipinski definition) is 2. The zero-order valence-corrected chi connectivity index (χ0v) is 16.0. The number of hydrogen-bond acceptors (Lipinski definition) is 3. The maximum atomic E-state index is 12.5. The molecule has 0 radical (unpaired) electrons. The molecule has 2 aromatic carbocycles. The van der Waals surface area contributed by atoms with Crippen LogP contribution in [0.25, 0.3) is 22.6 Å². The third kappa shape index (κ3) is 3.76. The molecule has 0 aliphatic rings. The molecule has 0 unspecified atom stereocenters. The molecule has 1 amide bonds. The van der Waals surface area contributed by atoms with Crippen molar-refractivity contribution in [3.05, 3.63) is 88.8 Å². The lowest BCUT2D eigenvalue weighted by Crippen LogP contribution is -2.12. The second-order valence-electron chi connectivity index (χ2n) is 6.02. The number of amides is 1. The summed E-state index contributed by atoms with van der Waals surface area (Å²) in [4.78, 5) is 24.1. The molecule has 0 saturated heterocycles. The molecule has 0 bridgehead atoms. The minimum Gasteiger partial charge on any atom is -0.338 e. The standard InChI is InChI=1S/C21H14Cl2N4O/c22-17-7-6-14(26-21(28)16-11-24-9-8-18(16)23)10-15(17)20-25-12-19(27-20)13-4-2-1-3-5-13/h1-12H,(H,25,27)(H,26,28). The van der Waals surface area contributed by atoms with Crippen molar-refractivity contribution >= 4 is 34.8 Å². The number of imidazole rings is 1. The molecule has 0 aliphatic heterocycles. The number of rotatable bonds is 4. The van der Waals surface area contributed by atoms with E-state index in [1.807, 2.05) is 30.3 Å². The van der Waals surface area contributed by atoms with E-state index < -0.39 is 0 Å². The van der Waals surface area contributed by atoms with E-state index in [1.54, 1.807) is 30.5 Å². The van der Waals surface area contributed by atoms with E-state index in [0.29, 0.717) is 32.7 Å². The predicted molar refractivity (Wildman–Crippen MR) is 112 cm³/mol. The average molecular weight is 409 g/mol. The summed E-state index contributed by atoms with van der Waals surface area (Å²) in [6.07, 6.45) is 4.70. The van der Waals surface area contributed by atoms with Crippen molar-refractivity contribution in [1.29, 1.82) is 0 Å². The summed E-state index contributed by atoms with van der Waals surface area (Å²) in [5.74, 6) is 0.259. The third-order valence-electron chi connectivity index (χ3n) is 4.15. The first kappa shape index (κ1) is 18.2. The summed E-state index contributed by atoms with van der Waals surface area (Å²) in [6.45, 7) is 0. The first-order chi connectivity index (χ1) is 13.6. The Labute approximate surface area is 171 Å². The molecule has 0 saturated carbocycles. The van der Waals surface area contributed by atoms with Gasteiger partial charge in [-0.25, -0.2) is 4.98 Å². The highest BCUT2D eigenvalue weighted by molar-refractivity contribution is 6.34. The van der Waals surface area contributed by atoms with E-state index in [9.17, 15) is 4.79 Å². The fraction of sp³-hybridized carbons (Fsp3) is 0. The molecule has 0 aliphatic carbocycles. The SMILES string of the molecule is O=C(Nc1ccc(Cl)c(-c2ncc(-c3ccccc3)[nH]2)c1)c1cnccc1Cl. The summed E-state index contributed by atoms with van der Waals surface area (Å²) in [5, 5.41) is 3.66. The molecule has 2 heterocycles. The lowest BCUT2D eigenvalue weighted by molar-refractivity contribution is 0.102. The Kier molecular flexibility index (Phi) is 5.10.